The Bertz CT molecular complexity index is 377. The Morgan fingerprint density at radius 1 is 1.53 bits per heavy atom. The number of carbonyl (C=O) groups is 1. The van der Waals surface area contributed by atoms with Gasteiger partial charge in [0.1, 0.15) is 11.6 Å². The number of carbonyl (C=O) groups excluding carboxylic acids is 1. The van der Waals surface area contributed by atoms with Crippen LogP contribution in [0.1, 0.15) is 22.3 Å². The minimum Gasteiger partial charge on any atom is -0.496 e. The van der Waals surface area contributed by atoms with Gasteiger partial charge < -0.3 is 10.5 Å². The number of hydrogen-bond donors (Lipinski definition) is 1. The summed E-state index contributed by atoms with van der Waals surface area (Å²) in [5, 5.41) is 0. The summed E-state index contributed by atoms with van der Waals surface area (Å²) in [5.74, 6) is -0.208. The van der Waals surface area contributed by atoms with Crippen LogP contribution < -0.4 is 10.5 Å². The Morgan fingerprint density at radius 2 is 2.20 bits per heavy atom. The van der Waals surface area contributed by atoms with E-state index in [9.17, 15) is 9.18 Å². The van der Waals surface area contributed by atoms with Crippen LogP contribution in [-0.2, 0) is 0 Å². The summed E-state index contributed by atoms with van der Waals surface area (Å²) in [6.45, 7) is 1.94. The van der Waals surface area contributed by atoms with Crippen LogP contribution in [-0.4, -0.2) is 19.4 Å². The van der Waals surface area contributed by atoms with Gasteiger partial charge in [-0.15, -0.1) is 0 Å². The second kappa shape index (κ2) is 4.89. The molecule has 0 aliphatic heterocycles. The second-order valence-corrected chi connectivity index (χ2v) is 3.27. The lowest BCUT2D eigenvalue weighted by atomic mass is 10.0. The molecule has 0 amide bonds. The first-order valence-corrected chi connectivity index (χ1v) is 4.67. The molecule has 0 atom stereocenters. The van der Waals surface area contributed by atoms with E-state index in [0.717, 1.165) is 0 Å². The lowest BCUT2D eigenvalue weighted by Gasteiger charge is -2.10. The number of benzene rings is 1. The van der Waals surface area contributed by atoms with E-state index in [1.165, 1.54) is 19.2 Å². The molecule has 0 unspecified atom stereocenters. The fourth-order valence-corrected chi connectivity index (χ4v) is 1.47. The normalized spacial score (nSPS) is 10.1. The van der Waals surface area contributed by atoms with E-state index in [4.69, 9.17) is 10.5 Å². The highest BCUT2D eigenvalue weighted by molar-refractivity contribution is 5.99. The van der Waals surface area contributed by atoms with Gasteiger partial charge in [-0.05, 0) is 31.2 Å². The molecule has 0 aromatic heterocycles. The van der Waals surface area contributed by atoms with Gasteiger partial charge >= 0.3 is 0 Å². The van der Waals surface area contributed by atoms with Crippen LogP contribution in [0.2, 0.25) is 0 Å². The highest BCUT2D eigenvalue weighted by atomic mass is 19.1. The topological polar surface area (TPSA) is 52.3 Å². The molecule has 0 aliphatic carbocycles. The van der Waals surface area contributed by atoms with Crippen molar-refractivity contribution in [3.05, 3.63) is 29.1 Å². The van der Waals surface area contributed by atoms with Gasteiger partial charge in [0.15, 0.2) is 5.78 Å². The van der Waals surface area contributed by atoms with Gasteiger partial charge in [-0.3, -0.25) is 4.79 Å². The zero-order valence-corrected chi connectivity index (χ0v) is 8.84. The third kappa shape index (κ3) is 2.53. The van der Waals surface area contributed by atoms with Crippen molar-refractivity contribution in [2.75, 3.05) is 13.7 Å². The molecule has 1 aromatic rings. The van der Waals surface area contributed by atoms with Gasteiger partial charge in [0.2, 0.25) is 0 Å². The molecule has 0 spiro atoms. The van der Waals surface area contributed by atoms with E-state index in [0.29, 0.717) is 11.3 Å². The number of hydrogen-bond acceptors (Lipinski definition) is 3. The standard InChI is InChI=1S/C11H14FNO2/c1-7-5-8(12)6-9(11(7)15-2)10(14)3-4-13/h5-6H,3-4,13H2,1-2H3. The summed E-state index contributed by atoms with van der Waals surface area (Å²) in [5.41, 5.74) is 6.15. The van der Waals surface area contributed by atoms with Crippen molar-refractivity contribution in [1.82, 2.24) is 0 Å². The first-order chi connectivity index (χ1) is 7.10. The van der Waals surface area contributed by atoms with E-state index >= 15 is 0 Å². The lowest BCUT2D eigenvalue weighted by Crippen LogP contribution is -2.10. The Morgan fingerprint density at radius 3 is 2.73 bits per heavy atom. The van der Waals surface area contributed by atoms with Crippen molar-refractivity contribution in [1.29, 1.82) is 0 Å². The fraction of sp³-hybridized carbons (Fsp3) is 0.364. The first-order valence-electron chi connectivity index (χ1n) is 4.67. The fourth-order valence-electron chi connectivity index (χ4n) is 1.47. The molecule has 3 nitrogen and oxygen atoms in total. The number of halogens is 1. The summed E-state index contributed by atoms with van der Waals surface area (Å²) in [4.78, 5) is 11.6. The number of Topliss-reactive ketones (excluding diaryl/α,β-unsaturated/α-hetero) is 1. The number of rotatable bonds is 4. The quantitative estimate of drug-likeness (QED) is 0.771. The molecular formula is C11H14FNO2. The van der Waals surface area contributed by atoms with E-state index in [1.807, 2.05) is 0 Å². The third-order valence-electron chi connectivity index (χ3n) is 2.12. The van der Waals surface area contributed by atoms with Gasteiger partial charge in [-0.25, -0.2) is 4.39 Å². The summed E-state index contributed by atoms with van der Waals surface area (Å²) in [6.07, 6.45) is 0.194. The predicted octanol–water partition coefficient (Wildman–Crippen LogP) is 1.67. The Kier molecular flexibility index (Phi) is 3.80. The maximum atomic E-state index is 13.1. The van der Waals surface area contributed by atoms with Crippen LogP contribution in [0.4, 0.5) is 4.39 Å². The molecule has 82 valence electrons. The third-order valence-corrected chi connectivity index (χ3v) is 2.12. The average Bonchev–Trinajstić information content (AvgIpc) is 2.17. The SMILES string of the molecule is COc1c(C)cc(F)cc1C(=O)CCN. The molecule has 0 heterocycles. The predicted molar refractivity (Wildman–Crippen MR) is 55.7 cm³/mol. The number of aryl methyl sites for hydroxylation is 1. The van der Waals surface area contributed by atoms with Crippen LogP contribution in [0, 0.1) is 12.7 Å². The van der Waals surface area contributed by atoms with Crippen molar-refractivity contribution >= 4 is 5.78 Å². The molecule has 1 rings (SSSR count). The Labute approximate surface area is 88.0 Å². The maximum absolute atomic E-state index is 13.1. The summed E-state index contributed by atoms with van der Waals surface area (Å²) < 4.78 is 18.2. The highest BCUT2D eigenvalue weighted by Crippen LogP contribution is 2.25. The Hall–Kier alpha value is -1.42. The van der Waals surface area contributed by atoms with E-state index in [1.54, 1.807) is 6.92 Å². The highest BCUT2D eigenvalue weighted by Gasteiger charge is 2.15. The van der Waals surface area contributed by atoms with Crippen LogP contribution in [0.15, 0.2) is 12.1 Å². The van der Waals surface area contributed by atoms with Crippen LogP contribution >= 0.6 is 0 Å². The number of ketones is 1. The van der Waals surface area contributed by atoms with Crippen LogP contribution in [0.25, 0.3) is 0 Å². The summed E-state index contributed by atoms with van der Waals surface area (Å²) in [6, 6.07) is 2.52. The van der Waals surface area contributed by atoms with E-state index < -0.39 is 5.82 Å². The minimum atomic E-state index is -0.436. The molecule has 0 saturated carbocycles. The number of methoxy groups -OCH3 is 1. The van der Waals surface area contributed by atoms with Gasteiger partial charge in [0.05, 0.1) is 12.7 Å². The van der Waals surface area contributed by atoms with Gasteiger partial charge in [0, 0.05) is 6.42 Å². The molecule has 1 aromatic carbocycles. The average molecular weight is 211 g/mol. The smallest absolute Gasteiger partial charge is 0.167 e. The molecule has 0 aliphatic rings. The lowest BCUT2D eigenvalue weighted by molar-refractivity contribution is 0.0982. The van der Waals surface area contributed by atoms with Crippen molar-refractivity contribution in [3.8, 4) is 5.75 Å². The first kappa shape index (κ1) is 11.7. The molecule has 15 heavy (non-hydrogen) atoms. The van der Waals surface area contributed by atoms with Crippen molar-refractivity contribution in [3.63, 3.8) is 0 Å². The molecule has 0 bridgehead atoms. The minimum absolute atomic E-state index is 0.194. The van der Waals surface area contributed by atoms with Crippen molar-refractivity contribution < 1.29 is 13.9 Å². The van der Waals surface area contributed by atoms with Crippen LogP contribution in [0.5, 0.6) is 5.75 Å². The monoisotopic (exact) mass is 211 g/mol. The Balaban J connectivity index is 3.20. The van der Waals surface area contributed by atoms with Crippen molar-refractivity contribution in [2.24, 2.45) is 5.73 Å². The maximum Gasteiger partial charge on any atom is 0.167 e. The molecule has 0 saturated heterocycles. The van der Waals surface area contributed by atoms with Crippen molar-refractivity contribution in [2.45, 2.75) is 13.3 Å². The molecule has 0 fully saturated rings. The summed E-state index contributed by atoms with van der Waals surface area (Å²) in [7, 11) is 1.46. The van der Waals surface area contributed by atoms with E-state index in [2.05, 4.69) is 0 Å². The molecule has 2 N–H and O–H groups in total. The number of ether oxygens (including phenoxy) is 1. The molecule has 4 heteroatoms. The second-order valence-electron chi connectivity index (χ2n) is 3.27. The largest absolute Gasteiger partial charge is 0.496 e. The molecular weight excluding hydrogens is 197 g/mol. The summed E-state index contributed by atoms with van der Waals surface area (Å²) >= 11 is 0. The molecule has 0 radical (unpaired) electrons. The number of nitrogens with two attached hydrogens (primary N) is 1. The van der Waals surface area contributed by atoms with Crippen LogP contribution in [0.3, 0.4) is 0 Å². The zero-order valence-electron chi connectivity index (χ0n) is 8.84. The van der Waals surface area contributed by atoms with Gasteiger partial charge in [-0.2, -0.15) is 0 Å². The van der Waals surface area contributed by atoms with E-state index in [-0.39, 0.29) is 24.3 Å². The zero-order chi connectivity index (χ0) is 11.4. The van der Waals surface area contributed by atoms with Gasteiger partial charge in [-0.1, -0.05) is 0 Å². The van der Waals surface area contributed by atoms with Gasteiger partial charge in [0.25, 0.3) is 0 Å².